The summed E-state index contributed by atoms with van der Waals surface area (Å²) in [4.78, 5) is 29.6. The van der Waals surface area contributed by atoms with Crippen molar-refractivity contribution in [1.82, 2.24) is 25.3 Å². The molecule has 1 aromatic carbocycles. The molecule has 0 bridgehead atoms. The highest BCUT2D eigenvalue weighted by Gasteiger charge is 2.27. The number of carbonyl (C=O) groups is 1. The van der Waals surface area contributed by atoms with Gasteiger partial charge in [0.25, 0.3) is 5.91 Å². The van der Waals surface area contributed by atoms with Crippen molar-refractivity contribution >= 4 is 5.91 Å². The second-order valence-electron chi connectivity index (χ2n) is 6.97. The largest absolute Gasteiger partial charge is 0.487 e. The van der Waals surface area contributed by atoms with Crippen molar-refractivity contribution in [3.05, 3.63) is 65.0 Å². The van der Waals surface area contributed by atoms with Crippen molar-refractivity contribution in [3.8, 4) is 17.1 Å². The van der Waals surface area contributed by atoms with Crippen molar-refractivity contribution in [2.75, 3.05) is 6.54 Å². The molecule has 3 aromatic rings. The van der Waals surface area contributed by atoms with Crippen molar-refractivity contribution in [2.24, 2.45) is 0 Å². The third-order valence-corrected chi connectivity index (χ3v) is 4.56. The number of hydrogen-bond acceptors (Lipinski definition) is 6. The van der Waals surface area contributed by atoms with Crippen molar-refractivity contribution in [1.29, 1.82) is 0 Å². The number of hydrogen-bond donors (Lipinski definition) is 1. The Labute approximate surface area is 163 Å². The lowest BCUT2D eigenvalue weighted by molar-refractivity contribution is 0.0928. The highest BCUT2D eigenvalue weighted by Crippen LogP contribution is 2.37. The Morgan fingerprint density at radius 1 is 1.11 bits per heavy atom. The van der Waals surface area contributed by atoms with Gasteiger partial charge < -0.3 is 10.1 Å². The maximum absolute atomic E-state index is 12.3. The van der Waals surface area contributed by atoms with Gasteiger partial charge in [0.15, 0.2) is 5.82 Å². The van der Waals surface area contributed by atoms with Crippen LogP contribution in [0.4, 0.5) is 0 Å². The topological polar surface area (TPSA) is 89.9 Å². The Morgan fingerprint density at radius 2 is 1.89 bits per heavy atom. The number of ether oxygens (including phenoxy) is 1. The van der Waals surface area contributed by atoms with E-state index in [-0.39, 0.29) is 12.0 Å². The molecule has 1 N–H and O–H groups in total. The van der Waals surface area contributed by atoms with Gasteiger partial charge in [-0.2, -0.15) is 0 Å². The lowest BCUT2D eigenvalue weighted by Crippen LogP contribution is -2.34. The molecule has 0 spiro atoms. The summed E-state index contributed by atoms with van der Waals surface area (Å²) in [6.07, 6.45) is 3.62. The van der Waals surface area contributed by atoms with Gasteiger partial charge in [-0.3, -0.25) is 9.78 Å². The summed E-state index contributed by atoms with van der Waals surface area (Å²) in [7, 11) is 0. The zero-order valence-electron chi connectivity index (χ0n) is 16.1. The van der Waals surface area contributed by atoms with E-state index in [0.29, 0.717) is 24.5 Å². The molecule has 1 amide bonds. The van der Waals surface area contributed by atoms with Crippen molar-refractivity contribution < 1.29 is 9.53 Å². The van der Waals surface area contributed by atoms with Gasteiger partial charge >= 0.3 is 0 Å². The predicted octanol–water partition coefficient (Wildman–Crippen LogP) is 2.59. The van der Waals surface area contributed by atoms with Crippen LogP contribution in [0.5, 0.6) is 5.75 Å². The molecule has 142 valence electrons. The number of nitrogens with one attached hydrogen (secondary N) is 1. The average Bonchev–Trinajstić information content (AvgIpc) is 3.09. The number of benzene rings is 1. The zero-order chi connectivity index (χ0) is 19.7. The van der Waals surface area contributed by atoms with Crippen LogP contribution in [-0.2, 0) is 6.42 Å². The van der Waals surface area contributed by atoms with Gasteiger partial charge in [0.2, 0.25) is 0 Å². The molecule has 7 heteroatoms. The predicted molar refractivity (Wildman–Crippen MR) is 104 cm³/mol. The molecule has 0 aliphatic carbocycles. The normalized spacial score (nSPS) is 15.0. The molecule has 0 unspecified atom stereocenters. The Morgan fingerprint density at radius 3 is 2.61 bits per heavy atom. The van der Waals surface area contributed by atoms with E-state index in [1.54, 1.807) is 6.20 Å². The fourth-order valence-electron chi connectivity index (χ4n) is 3.28. The van der Waals surface area contributed by atoms with Crippen LogP contribution in [0.15, 0.2) is 36.7 Å². The van der Waals surface area contributed by atoms with Crippen LogP contribution in [0.3, 0.4) is 0 Å². The van der Waals surface area contributed by atoms with Crippen molar-refractivity contribution in [2.45, 2.75) is 33.3 Å². The van der Waals surface area contributed by atoms with Crippen LogP contribution in [0.2, 0.25) is 0 Å². The van der Waals surface area contributed by atoms with Gasteiger partial charge in [-0.1, -0.05) is 12.1 Å². The minimum atomic E-state index is -0.259. The smallest absolute Gasteiger partial charge is 0.271 e. The first kappa shape index (κ1) is 18.0. The van der Waals surface area contributed by atoms with Gasteiger partial charge in [-0.15, -0.1) is 0 Å². The van der Waals surface area contributed by atoms with Crippen LogP contribution in [0, 0.1) is 20.8 Å². The minimum Gasteiger partial charge on any atom is -0.487 e. The fraction of sp³-hybridized carbons (Fsp3) is 0.286. The molecule has 0 radical (unpaired) electrons. The van der Waals surface area contributed by atoms with E-state index in [0.717, 1.165) is 34.0 Å². The molecule has 7 nitrogen and oxygen atoms in total. The monoisotopic (exact) mass is 375 g/mol. The number of nitrogens with zero attached hydrogens (tertiary/aromatic N) is 4. The molecule has 1 aliphatic heterocycles. The first-order valence-electron chi connectivity index (χ1n) is 9.17. The highest BCUT2D eigenvalue weighted by molar-refractivity contribution is 5.91. The summed E-state index contributed by atoms with van der Waals surface area (Å²) in [5.41, 5.74) is 4.87. The Hall–Kier alpha value is -3.35. The Kier molecular flexibility index (Phi) is 4.73. The van der Waals surface area contributed by atoms with Gasteiger partial charge in [-0.05, 0) is 38.5 Å². The number of para-hydroxylation sites is 1. The zero-order valence-corrected chi connectivity index (χ0v) is 16.1. The maximum atomic E-state index is 12.3. The van der Waals surface area contributed by atoms with Crippen LogP contribution in [0.25, 0.3) is 11.4 Å². The summed E-state index contributed by atoms with van der Waals surface area (Å²) in [5.74, 6) is 1.20. The van der Waals surface area contributed by atoms with E-state index in [1.807, 2.05) is 45.0 Å². The first-order valence-corrected chi connectivity index (χ1v) is 9.17. The summed E-state index contributed by atoms with van der Waals surface area (Å²) < 4.78 is 6.15. The molecule has 1 atom stereocenters. The van der Waals surface area contributed by atoms with E-state index in [1.165, 1.54) is 6.20 Å². The summed E-state index contributed by atoms with van der Waals surface area (Å²) in [5, 5.41) is 2.87. The Bertz CT molecular complexity index is 1010. The second kappa shape index (κ2) is 7.34. The number of amides is 1. The number of rotatable bonds is 4. The van der Waals surface area contributed by atoms with Gasteiger partial charge in [-0.25, -0.2) is 15.0 Å². The van der Waals surface area contributed by atoms with E-state index in [4.69, 9.17) is 4.74 Å². The first-order chi connectivity index (χ1) is 13.5. The van der Waals surface area contributed by atoms with Gasteiger partial charge in [0, 0.05) is 24.0 Å². The molecule has 0 fully saturated rings. The number of aromatic nitrogens is 4. The molecule has 0 saturated heterocycles. The highest BCUT2D eigenvalue weighted by atomic mass is 16.5. The molecule has 0 saturated carbocycles. The van der Waals surface area contributed by atoms with Crippen LogP contribution in [-0.4, -0.2) is 38.5 Å². The third-order valence-electron chi connectivity index (χ3n) is 4.56. The second-order valence-corrected chi connectivity index (χ2v) is 6.97. The standard InChI is InChI=1S/C21H21N5O2/c1-12-7-13(2)26-20(25-12)17-6-4-5-15-8-16(28-19(15)17)10-24-21(27)18-11-22-14(3)9-23-18/h4-7,9,11,16H,8,10H2,1-3H3,(H,24,27)/t16-/m0/s1. The lowest BCUT2D eigenvalue weighted by atomic mass is 10.1. The average molecular weight is 375 g/mol. The van der Waals surface area contributed by atoms with Gasteiger partial charge in [0.05, 0.1) is 24.0 Å². The summed E-state index contributed by atoms with van der Waals surface area (Å²) >= 11 is 0. The molecular formula is C21H21N5O2. The maximum Gasteiger partial charge on any atom is 0.271 e. The number of carbonyl (C=O) groups excluding carboxylic acids is 1. The number of aryl methyl sites for hydroxylation is 3. The van der Waals surface area contributed by atoms with E-state index >= 15 is 0 Å². The number of fused-ring (bicyclic) bond motifs is 1. The van der Waals surface area contributed by atoms with E-state index in [9.17, 15) is 4.79 Å². The SMILES string of the molecule is Cc1cnc(C(=O)NC[C@@H]2Cc3cccc(-c4nc(C)cc(C)n4)c3O2)cn1. The minimum absolute atomic E-state index is 0.149. The summed E-state index contributed by atoms with van der Waals surface area (Å²) in [6, 6.07) is 7.94. The third kappa shape index (κ3) is 3.69. The van der Waals surface area contributed by atoms with Crippen LogP contribution in [0.1, 0.15) is 33.1 Å². The molecule has 1 aliphatic rings. The fourth-order valence-corrected chi connectivity index (χ4v) is 3.28. The van der Waals surface area contributed by atoms with E-state index in [2.05, 4.69) is 25.3 Å². The van der Waals surface area contributed by atoms with E-state index < -0.39 is 0 Å². The molecular weight excluding hydrogens is 354 g/mol. The van der Waals surface area contributed by atoms with Gasteiger partial charge in [0.1, 0.15) is 17.5 Å². The summed E-state index contributed by atoms with van der Waals surface area (Å²) in [6.45, 7) is 6.12. The Balaban J connectivity index is 1.48. The molecule has 3 heterocycles. The molecule has 28 heavy (non-hydrogen) atoms. The lowest BCUT2D eigenvalue weighted by Gasteiger charge is -2.13. The molecule has 4 rings (SSSR count). The molecule has 2 aromatic heterocycles. The van der Waals surface area contributed by atoms with Crippen LogP contribution < -0.4 is 10.1 Å². The van der Waals surface area contributed by atoms with Crippen molar-refractivity contribution in [3.63, 3.8) is 0 Å². The quantitative estimate of drug-likeness (QED) is 0.754. The van der Waals surface area contributed by atoms with Crippen LogP contribution >= 0.6 is 0 Å².